The minimum atomic E-state index is -0.235. The molecule has 8 nitrogen and oxygen atoms in total. The Morgan fingerprint density at radius 2 is 1.84 bits per heavy atom. The van der Waals surface area contributed by atoms with Gasteiger partial charge in [0.2, 0.25) is 0 Å². The highest BCUT2D eigenvalue weighted by Gasteiger charge is 2.20. The third-order valence-electron chi connectivity index (χ3n) is 5.33. The summed E-state index contributed by atoms with van der Waals surface area (Å²) >= 11 is 0. The van der Waals surface area contributed by atoms with Gasteiger partial charge in [0, 0.05) is 48.3 Å². The molecule has 2 heterocycles. The van der Waals surface area contributed by atoms with Crippen molar-refractivity contribution >= 4 is 28.9 Å². The summed E-state index contributed by atoms with van der Waals surface area (Å²) in [5, 5.41) is 6.73. The van der Waals surface area contributed by atoms with Crippen LogP contribution in [0.2, 0.25) is 0 Å². The fourth-order valence-electron chi connectivity index (χ4n) is 3.64. The van der Waals surface area contributed by atoms with E-state index in [1.165, 1.54) is 0 Å². The Morgan fingerprint density at radius 3 is 2.50 bits per heavy atom. The summed E-state index contributed by atoms with van der Waals surface area (Å²) in [6.45, 7) is 7.12. The number of hydrogen-bond donors (Lipinski definition) is 1. The number of nitrogens with zero attached hydrogens (tertiary/aromatic N) is 3. The Morgan fingerprint density at radius 1 is 1.09 bits per heavy atom. The Balaban J connectivity index is 1.44. The third-order valence-corrected chi connectivity index (χ3v) is 5.33. The lowest BCUT2D eigenvalue weighted by Gasteiger charge is -2.29. The van der Waals surface area contributed by atoms with E-state index in [-0.39, 0.29) is 17.5 Å². The first-order chi connectivity index (χ1) is 15.5. The van der Waals surface area contributed by atoms with Gasteiger partial charge in [0.05, 0.1) is 13.2 Å². The first-order valence-corrected chi connectivity index (χ1v) is 10.6. The lowest BCUT2D eigenvalue weighted by molar-refractivity contribution is 0.0978. The Hall–Kier alpha value is -3.65. The number of carbonyl (C=O) groups excluding carboxylic acids is 2. The Bertz CT molecular complexity index is 1090. The molecule has 2 aromatic carbocycles. The molecule has 0 atom stereocenters. The average molecular weight is 434 g/mol. The number of benzene rings is 2. The van der Waals surface area contributed by atoms with E-state index in [0.29, 0.717) is 42.5 Å². The van der Waals surface area contributed by atoms with Crippen LogP contribution in [0.5, 0.6) is 0 Å². The summed E-state index contributed by atoms with van der Waals surface area (Å²) in [7, 11) is 0. The number of aryl methyl sites for hydroxylation is 1. The lowest BCUT2D eigenvalue weighted by Crippen LogP contribution is -2.36. The molecule has 1 N–H and O–H groups in total. The number of morpholine rings is 1. The van der Waals surface area contributed by atoms with Crippen LogP contribution in [0.25, 0.3) is 0 Å². The standard InChI is InChI=1S/C24H26N4O4/c1-3-28(24(30)22-15-17(2)32-26-22)20-9-7-19(8-10-20)25-23(29)18-5-4-6-21(16-18)27-11-13-31-14-12-27/h4-10,15-16H,3,11-14H2,1-2H3,(H,25,29). The van der Waals surface area contributed by atoms with Crippen molar-refractivity contribution in [2.45, 2.75) is 13.8 Å². The topological polar surface area (TPSA) is 87.9 Å². The number of carbonyl (C=O) groups is 2. The van der Waals surface area contributed by atoms with Crippen LogP contribution in [0.1, 0.15) is 33.5 Å². The maximum Gasteiger partial charge on any atom is 0.280 e. The summed E-state index contributed by atoms with van der Waals surface area (Å²) in [4.78, 5) is 29.3. The molecule has 1 aromatic heterocycles. The van der Waals surface area contributed by atoms with Gasteiger partial charge in [0.15, 0.2) is 5.69 Å². The Kier molecular flexibility index (Phi) is 6.51. The lowest BCUT2D eigenvalue weighted by atomic mass is 10.1. The summed E-state index contributed by atoms with van der Waals surface area (Å²) in [5.74, 6) is 0.163. The maximum absolute atomic E-state index is 12.8. The van der Waals surface area contributed by atoms with Crippen molar-refractivity contribution in [1.82, 2.24) is 5.16 Å². The second-order valence-electron chi connectivity index (χ2n) is 7.52. The molecule has 0 unspecified atom stereocenters. The molecule has 4 rings (SSSR count). The van der Waals surface area contributed by atoms with Gasteiger partial charge in [-0.05, 0) is 56.3 Å². The van der Waals surface area contributed by atoms with Crippen molar-refractivity contribution in [3.8, 4) is 0 Å². The fourth-order valence-corrected chi connectivity index (χ4v) is 3.64. The third kappa shape index (κ3) is 4.81. The predicted octanol–water partition coefficient (Wildman–Crippen LogP) is 3.74. The van der Waals surface area contributed by atoms with Crippen molar-refractivity contribution < 1.29 is 18.8 Å². The largest absolute Gasteiger partial charge is 0.378 e. The van der Waals surface area contributed by atoms with Crippen LogP contribution in [0.3, 0.4) is 0 Å². The molecule has 166 valence electrons. The monoisotopic (exact) mass is 434 g/mol. The van der Waals surface area contributed by atoms with Crippen LogP contribution in [0.15, 0.2) is 59.1 Å². The SMILES string of the molecule is CCN(C(=O)c1cc(C)on1)c1ccc(NC(=O)c2cccc(N3CCOCC3)c2)cc1. The van der Waals surface area contributed by atoms with Crippen molar-refractivity contribution in [3.63, 3.8) is 0 Å². The normalized spacial score (nSPS) is 13.6. The number of amides is 2. The average Bonchev–Trinajstić information content (AvgIpc) is 3.27. The molecule has 0 radical (unpaired) electrons. The van der Waals surface area contributed by atoms with Crippen molar-refractivity contribution in [3.05, 3.63) is 71.6 Å². The second kappa shape index (κ2) is 9.65. The molecule has 8 heteroatoms. The molecule has 0 bridgehead atoms. The van der Waals surface area contributed by atoms with Crippen LogP contribution in [0, 0.1) is 6.92 Å². The molecule has 1 aliphatic heterocycles. The molecule has 32 heavy (non-hydrogen) atoms. The molecule has 2 amide bonds. The summed E-state index contributed by atoms with van der Waals surface area (Å²) in [6, 6.07) is 16.4. The van der Waals surface area contributed by atoms with Crippen LogP contribution < -0.4 is 15.1 Å². The number of anilines is 3. The molecule has 0 aliphatic carbocycles. The first-order valence-electron chi connectivity index (χ1n) is 10.6. The summed E-state index contributed by atoms with van der Waals surface area (Å²) in [5.41, 5.74) is 3.23. The molecule has 1 saturated heterocycles. The van der Waals surface area contributed by atoms with E-state index >= 15 is 0 Å². The molecule has 0 spiro atoms. The second-order valence-corrected chi connectivity index (χ2v) is 7.52. The van der Waals surface area contributed by atoms with Crippen LogP contribution in [-0.2, 0) is 4.74 Å². The summed E-state index contributed by atoms with van der Waals surface area (Å²) < 4.78 is 10.4. The number of nitrogens with one attached hydrogen (secondary N) is 1. The van der Waals surface area contributed by atoms with Crippen LogP contribution in [0.4, 0.5) is 17.1 Å². The predicted molar refractivity (Wildman–Crippen MR) is 122 cm³/mol. The van der Waals surface area contributed by atoms with E-state index in [1.54, 1.807) is 48.2 Å². The minimum Gasteiger partial charge on any atom is -0.378 e. The quantitative estimate of drug-likeness (QED) is 0.636. The van der Waals surface area contributed by atoms with E-state index in [2.05, 4.69) is 15.4 Å². The highest BCUT2D eigenvalue weighted by molar-refractivity contribution is 6.06. The van der Waals surface area contributed by atoms with Crippen molar-refractivity contribution in [2.24, 2.45) is 0 Å². The van der Waals surface area contributed by atoms with Crippen LogP contribution >= 0.6 is 0 Å². The van der Waals surface area contributed by atoms with E-state index < -0.39 is 0 Å². The van der Waals surface area contributed by atoms with Gasteiger partial charge in [-0.3, -0.25) is 9.59 Å². The zero-order chi connectivity index (χ0) is 22.5. The highest BCUT2D eigenvalue weighted by atomic mass is 16.5. The molecule has 3 aromatic rings. The zero-order valence-corrected chi connectivity index (χ0v) is 18.2. The Labute approximate surface area is 186 Å². The van der Waals surface area contributed by atoms with Gasteiger partial charge < -0.3 is 24.4 Å². The molecule has 1 aliphatic rings. The van der Waals surface area contributed by atoms with E-state index in [4.69, 9.17) is 9.26 Å². The first kappa shape index (κ1) is 21.6. The van der Waals surface area contributed by atoms with Crippen LogP contribution in [-0.4, -0.2) is 49.8 Å². The van der Waals surface area contributed by atoms with Crippen molar-refractivity contribution in [2.75, 3.05) is 48.0 Å². The van der Waals surface area contributed by atoms with Gasteiger partial charge in [-0.25, -0.2) is 0 Å². The zero-order valence-electron chi connectivity index (χ0n) is 18.2. The van der Waals surface area contributed by atoms with Gasteiger partial charge in [-0.2, -0.15) is 0 Å². The van der Waals surface area contributed by atoms with E-state index in [9.17, 15) is 9.59 Å². The fraction of sp³-hybridized carbons (Fsp3) is 0.292. The number of hydrogen-bond acceptors (Lipinski definition) is 6. The molecule has 0 saturated carbocycles. The summed E-state index contributed by atoms with van der Waals surface area (Å²) in [6.07, 6.45) is 0. The number of rotatable bonds is 6. The highest BCUT2D eigenvalue weighted by Crippen LogP contribution is 2.22. The van der Waals surface area contributed by atoms with Gasteiger partial charge in [-0.15, -0.1) is 0 Å². The van der Waals surface area contributed by atoms with Crippen molar-refractivity contribution in [1.29, 1.82) is 0 Å². The van der Waals surface area contributed by atoms with E-state index in [0.717, 1.165) is 18.8 Å². The smallest absolute Gasteiger partial charge is 0.280 e. The molecular weight excluding hydrogens is 408 g/mol. The van der Waals surface area contributed by atoms with Gasteiger partial charge in [-0.1, -0.05) is 11.2 Å². The number of ether oxygens (including phenoxy) is 1. The minimum absolute atomic E-state index is 0.186. The van der Waals surface area contributed by atoms with Gasteiger partial charge >= 0.3 is 0 Å². The number of aromatic nitrogens is 1. The van der Waals surface area contributed by atoms with E-state index in [1.807, 2.05) is 25.1 Å². The van der Waals surface area contributed by atoms with Gasteiger partial charge in [0.1, 0.15) is 5.76 Å². The molecule has 1 fully saturated rings. The maximum atomic E-state index is 12.8. The van der Waals surface area contributed by atoms with Gasteiger partial charge in [0.25, 0.3) is 11.8 Å². The molecular formula is C24H26N4O4.